The van der Waals surface area contributed by atoms with Crippen molar-refractivity contribution < 1.29 is 19.1 Å². The Labute approximate surface area is 188 Å². The third-order valence-electron chi connectivity index (χ3n) is 7.07. The maximum Gasteiger partial charge on any atom is 0.310 e. The highest BCUT2D eigenvalue weighted by Gasteiger charge is 2.67. The number of hydrogen-bond acceptors (Lipinski definition) is 4. The van der Waals surface area contributed by atoms with Gasteiger partial charge in [-0.2, -0.15) is 0 Å². The van der Waals surface area contributed by atoms with Gasteiger partial charge in [0.25, 0.3) is 5.91 Å². The van der Waals surface area contributed by atoms with Gasteiger partial charge in [-0.25, -0.2) is 0 Å². The molecular formula is C24H23BrN2O4. The second-order valence-electron chi connectivity index (χ2n) is 8.73. The summed E-state index contributed by atoms with van der Waals surface area (Å²) >= 11 is 3.63. The van der Waals surface area contributed by atoms with Gasteiger partial charge in [-0.05, 0) is 61.6 Å². The lowest BCUT2D eigenvalue weighted by molar-refractivity contribution is -0.145. The van der Waals surface area contributed by atoms with E-state index in [1.54, 1.807) is 24.3 Å². The minimum absolute atomic E-state index is 0.0191. The quantitative estimate of drug-likeness (QED) is 0.508. The average molecular weight is 483 g/mol. The van der Waals surface area contributed by atoms with E-state index < -0.39 is 5.92 Å². The van der Waals surface area contributed by atoms with Gasteiger partial charge in [0.1, 0.15) is 6.10 Å². The van der Waals surface area contributed by atoms with Crippen molar-refractivity contribution in [1.82, 2.24) is 0 Å². The molecule has 2 aromatic rings. The van der Waals surface area contributed by atoms with Gasteiger partial charge in [-0.3, -0.25) is 14.4 Å². The van der Waals surface area contributed by atoms with E-state index >= 15 is 0 Å². The minimum atomic E-state index is -0.409. The number of anilines is 2. The third-order valence-corrected chi connectivity index (χ3v) is 8.27. The highest BCUT2D eigenvalue weighted by molar-refractivity contribution is 9.09. The van der Waals surface area contributed by atoms with Crippen molar-refractivity contribution in [2.75, 3.05) is 10.6 Å². The van der Waals surface area contributed by atoms with Gasteiger partial charge in [0.2, 0.25) is 5.91 Å². The molecule has 0 aromatic heterocycles. The monoisotopic (exact) mass is 482 g/mol. The summed E-state index contributed by atoms with van der Waals surface area (Å²) in [7, 11) is 0. The molecule has 1 saturated heterocycles. The zero-order valence-corrected chi connectivity index (χ0v) is 18.8. The van der Waals surface area contributed by atoms with E-state index in [2.05, 4.69) is 26.6 Å². The average Bonchev–Trinajstić information content (AvgIpc) is 3.36. The van der Waals surface area contributed by atoms with Gasteiger partial charge in [0.05, 0.1) is 16.7 Å². The molecule has 2 amide bonds. The number of esters is 1. The molecule has 2 bridgehead atoms. The summed E-state index contributed by atoms with van der Waals surface area (Å²) in [5, 5.41) is 5.86. The maximum absolute atomic E-state index is 13.1. The van der Waals surface area contributed by atoms with Gasteiger partial charge in [0, 0.05) is 22.9 Å². The Morgan fingerprint density at radius 2 is 1.84 bits per heavy atom. The van der Waals surface area contributed by atoms with Crippen LogP contribution in [0.3, 0.4) is 0 Å². The summed E-state index contributed by atoms with van der Waals surface area (Å²) in [5.41, 5.74) is 3.87. The second-order valence-corrected chi connectivity index (χ2v) is 9.79. The number of alkyl halides is 1. The van der Waals surface area contributed by atoms with Crippen LogP contribution in [0.15, 0.2) is 42.5 Å². The van der Waals surface area contributed by atoms with E-state index in [1.165, 1.54) is 0 Å². The molecule has 3 aliphatic rings. The molecule has 6 atom stereocenters. The summed E-state index contributed by atoms with van der Waals surface area (Å²) in [6, 6.07) is 12.6. The molecule has 2 aliphatic carbocycles. The lowest BCUT2D eigenvalue weighted by atomic mass is 9.79. The molecule has 6 nitrogen and oxygen atoms in total. The SMILES string of the molecule is Cc1cccc(NC(=O)c2cccc(NC(=O)[C@@H]3[C@H]4C[C@H]5[C@H](OC(=O)[C@H]53)[C@H]4Br)c2)c1C. The van der Waals surface area contributed by atoms with Crippen LogP contribution in [0.1, 0.15) is 27.9 Å². The normalized spacial score (nSPS) is 30.2. The van der Waals surface area contributed by atoms with Crippen LogP contribution in [0.5, 0.6) is 0 Å². The number of ether oxygens (including phenoxy) is 1. The van der Waals surface area contributed by atoms with Crippen LogP contribution in [0, 0.1) is 37.5 Å². The topological polar surface area (TPSA) is 84.5 Å². The fourth-order valence-corrected chi connectivity index (χ4v) is 6.42. The van der Waals surface area contributed by atoms with Gasteiger partial charge in [-0.1, -0.05) is 34.1 Å². The van der Waals surface area contributed by atoms with Gasteiger partial charge < -0.3 is 15.4 Å². The third kappa shape index (κ3) is 3.26. The molecule has 31 heavy (non-hydrogen) atoms. The molecule has 0 unspecified atom stereocenters. The van der Waals surface area contributed by atoms with Crippen LogP contribution >= 0.6 is 15.9 Å². The Balaban J connectivity index is 1.32. The summed E-state index contributed by atoms with van der Waals surface area (Å²) in [5.74, 6) is -1.26. The molecular weight excluding hydrogens is 460 g/mol. The van der Waals surface area contributed by atoms with Crippen LogP contribution in [0.4, 0.5) is 11.4 Å². The molecule has 1 heterocycles. The standard InChI is InChI=1S/C24H23BrN2O4/c1-11-5-3-8-17(12(11)2)27-22(28)13-6-4-7-14(9-13)26-23(29)18-15-10-16-19(18)24(30)31-21(16)20(15)25/h3-9,15-16,18-21H,10H2,1-2H3,(H,26,29)(H,27,28)/t15-,16-,18-,19-,20+,21+/m1/s1. The van der Waals surface area contributed by atoms with E-state index in [1.807, 2.05) is 32.0 Å². The number of hydrogen-bond donors (Lipinski definition) is 2. The van der Waals surface area contributed by atoms with E-state index in [0.717, 1.165) is 23.2 Å². The maximum atomic E-state index is 13.1. The second kappa shape index (κ2) is 7.48. The number of benzene rings is 2. The lowest BCUT2D eigenvalue weighted by Crippen LogP contribution is -2.40. The molecule has 2 N–H and O–H groups in total. The summed E-state index contributed by atoms with van der Waals surface area (Å²) in [6.07, 6.45) is 0.719. The number of carbonyl (C=O) groups is 3. The summed E-state index contributed by atoms with van der Waals surface area (Å²) in [4.78, 5) is 38.2. The molecule has 0 spiro atoms. The van der Waals surface area contributed by atoms with E-state index in [9.17, 15) is 14.4 Å². The van der Waals surface area contributed by atoms with E-state index in [0.29, 0.717) is 11.3 Å². The molecule has 0 radical (unpaired) electrons. The van der Waals surface area contributed by atoms with Crippen molar-refractivity contribution in [3.05, 3.63) is 59.2 Å². The molecule has 5 rings (SSSR count). The largest absolute Gasteiger partial charge is 0.461 e. The first-order valence-electron chi connectivity index (χ1n) is 10.5. The Morgan fingerprint density at radius 3 is 2.65 bits per heavy atom. The van der Waals surface area contributed by atoms with Gasteiger partial charge in [-0.15, -0.1) is 0 Å². The van der Waals surface area contributed by atoms with Crippen LogP contribution in [0.2, 0.25) is 0 Å². The highest BCUT2D eigenvalue weighted by Crippen LogP contribution is 2.60. The molecule has 1 aliphatic heterocycles. The number of amides is 2. The van der Waals surface area contributed by atoms with Gasteiger partial charge >= 0.3 is 5.97 Å². The number of halogens is 1. The predicted octanol–water partition coefficient (Wildman–Crippen LogP) is 4.07. The fraction of sp³-hybridized carbons (Fsp3) is 0.375. The Kier molecular flexibility index (Phi) is 4.88. The first-order chi connectivity index (χ1) is 14.8. The Hall–Kier alpha value is -2.67. The number of aryl methyl sites for hydroxylation is 1. The first-order valence-corrected chi connectivity index (χ1v) is 11.4. The van der Waals surface area contributed by atoms with Crippen LogP contribution in [-0.4, -0.2) is 28.7 Å². The fourth-order valence-electron chi connectivity index (χ4n) is 5.38. The number of rotatable bonds is 4. The van der Waals surface area contributed by atoms with Crippen LogP contribution < -0.4 is 10.6 Å². The number of fused-ring (bicyclic) bond motifs is 1. The highest BCUT2D eigenvalue weighted by atomic mass is 79.9. The van der Waals surface area contributed by atoms with Crippen LogP contribution in [-0.2, 0) is 14.3 Å². The van der Waals surface area contributed by atoms with E-state index in [-0.39, 0.29) is 46.5 Å². The number of carbonyl (C=O) groups excluding carboxylic acids is 3. The minimum Gasteiger partial charge on any atom is -0.461 e. The van der Waals surface area contributed by atoms with Crippen molar-refractivity contribution >= 4 is 45.1 Å². The van der Waals surface area contributed by atoms with Crippen molar-refractivity contribution in [3.63, 3.8) is 0 Å². The van der Waals surface area contributed by atoms with Crippen molar-refractivity contribution in [3.8, 4) is 0 Å². The zero-order chi connectivity index (χ0) is 21.9. The zero-order valence-electron chi connectivity index (χ0n) is 17.2. The predicted molar refractivity (Wildman–Crippen MR) is 120 cm³/mol. The molecule has 2 aromatic carbocycles. The van der Waals surface area contributed by atoms with Gasteiger partial charge in [0.15, 0.2) is 0 Å². The smallest absolute Gasteiger partial charge is 0.310 e. The molecule has 2 saturated carbocycles. The molecule has 160 valence electrons. The van der Waals surface area contributed by atoms with Crippen LogP contribution in [0.25, 0.3) is 0 Å². The van der Waals surface area contributed by atoms with Crippen molar-refractivity contribution in [2.24, 2.45) is 23.7 Å². The van der Waals surface area contributed by atoms with Crippen molar-refractivity contribution in [2.45, 2.75) is 31.2 Å². The number of nitrogens with one attached hydrogen (secondary N) is 2. The Morgan fingerprint density at radius 1 is 1.06 bits per heavy atom. The summed E-state index contributed by atoms with van der Waals surface area (Å²) in [6.45, 7) is 3.96. The molecule has 3 fully saturated rings. The van der Waals surface area contributed by atoms with Crippen molar-refractivity contribution in [1.29, 1.82) is 0 Å². The molecule has 7 heteroatoms. The Bertz CT molecular complexity index is 1100. The van der Waals surface area contributed by atoms with E-state index in [4.69, 9.17) is 4.74 Å². The first kappa shape index (κ1) is 20.2. The summed E-state index contributed by atoms with van der Waals surface area (Å²) < 4.78 is 5.49. The lowest BCUT2D eigenvalue weighted by Gasteiger charge is -2.27.